The van der Waals surface area contributed by atoms with Crippen molar-refractivity contribution >= 4 is 11.5 Å². The number of carbonyl (C=O) groups excluding carboxylic acids is 1. The Balaban J connectivity index is 1.76. The van der Waals surface area contributed by atoms with Crippen molar-refractivity contribution in [3.63, 3.8) is 0 Å². The molecule has 0 aliphatic heterocycles. The number of unbranched alkanes of at least 4 members (excludes halogenated alkanes) is 6. The molecule has 2 atom stereocenters. The van der Waals surface area contributed by atoms with Gasteiger partial charge in [0.15, 0.2) is 0 Å². The van der Waals surface area contributed by atoms with Gasteiger partial charge >= 0.3 is 5.97 Å². The van der Waals surface area contributed by atoms with Crippen LogP contribution in [0.5, 0.6) is 5.75 Å². The highest BCUT2D eigenvalue weighted by Crippen LogP contribution is 2.36. The number of hydrogen-bond donors (Lipinski definition) is 0. The molecule has 162 valence electrons. The monoisotopic (exact) mass is 398 g/mol. The van der Waals surface area contributed by atoms with Crippen LogP contribution in [0.1, 0.15) is 110 Å². The van der Waals surface area contributed by atoms with Gasteiger partial charge in [0.25, 0.3) is 0 Å². The number of ether oxygens (including phenoxy) is 1. The summed E-state index contributed by atoms with van der Waals surface area (Å²) in [7, 11) is 0. The fourth-order valence-electron chi connectivity index (χ4n) is 4.38. The predicted octanol–water partition coefficient (Wildman–Crippen LogP) is 8.35. The van der Waals surface area contributed by atoms with Crippen LogP contribution >= 0.6 is 0 Å². The Morgan fingerprint density at radius 2 is 1.69 bits per heavy atom. The molecule has 0 aromatic heterocycles. The van der Waals surface area contributed by atoms with E-state index in [9.17, 15) is 4.79 Å². The molecule has 2 rings (SSSR count). The van der Waals surface area contributed by atoms with E-state index in [-0.39, 0.29) is 5.97 Å². The molecular weight excluding hydrogens is 356 g/mol. The summed E-state index contributed by atoms with van der Waals surface area (Å²) in [5.41, 5.74) is 2.73. The highest BCUT2D eigenvalue weighted by atomic mass is 16.5. The number of hydrogen-bond acceptors (Lipinski definition) is 2. The first-order chi connectivity index (χ1) is 14.1. The van der Waals surface area contributed by atoms with Crippen LogP contribution < -0.4 is 4.74 Å². The zero-order chi connectivity index (χ0) is 20.9. The molecule has 0 amide bonds. The third kappa shape index (κ3) is 8.76. The van der Waals surface area contributed by atoms with Crippen LogP contribution in [0.25, 0.3) is 5.57 Å². The van der Waals surface area contributed by atoms with Crippen LogP contribution in [0, 0.1) is 11.8 Å². The van der Waals surface area contributed by atoms with Crippen LogP contribution in [-0.4, -0.2) is 5.97 Å². The third-order valence-corrected chi connectivity index (χ3v) is 6.46. The number of carbonyl (C=O) groups is 1. The molecule has 0 spiro atoms. The quantitative estimate of drug-likeness (QED) is 0.189. The van der Waals surface area contributed by atoms with Gasteiger partial charge in [-0.15, -0.1) is 0 Å². The number of rotatable bonds is 13. The second-order valence-electron chi connectivity index (χ2n) is 8.90. The molecule has 1 aromatic rings. The van der Waals surface area contributed by atoms with Gasteiger partial charge in [0.2, 0.25) is 0 Å². The Labute approximate surface area is 179 Å². The topological polar surface area (TPSA) is 26.3 Å². The smallest absolute Gasteiger partial charge is 0.311 e. The lowest BCUT2D eigenvalue weighted by Gasteiger charge is -2.27. The Hall–Kier alpha value is -1.57. The molecule has 0 heterocycles. The molecular formula is C27H42O2. The fraction of sp³-hybridized carbons (Fsp3) is 0.667. The van der Waals surface area contributed by atoms with Crippen molar-refractivity contribution in [1.82, 2.24) is 0 Å². The van der Waals surface area contributed by atoms with E-state index in [1.54, 1.807) is 0 Å². The lowest BCUT2D eigenvalue weighted by molar-refractivity contribution is -0.134. The molecule has 2 heteroatoms. The predicted molar refractivity (Wildman–Crippen MR) is 124 cm³/mol. The van der Waals surface area contributed by atoms with Crippen molar-refractivity contribution in [3.05, 3.63) is 35.9 Å². The van der Waals surface area contributed by atoms with Crippen LogP contribution in [-0.2, 0) is 4.79 Å². The molecule has 0 radical (unpaired) electrons. The lowest BCUT2D eigenvalue weighted by atomic mass is 9.78. The van der Waals surface area contributed by atoms with Crippen molar-refractivity contribution < 1.29 is 9.53 Å². The molecule has 0 fully saturated rings. The van der Waals surface area contributed by atoms with Crippen molar-refractivity contribution in [1.29, 1.82) is 0 Å². The van der Waals surface area contributed by atoms with Gasteiger partial charge in [0.1, 0.15) is 5.75 Å². The Bertz CT molecular complexity index is 614. The number of allylic oxidation sites excluding steroid dienone is 2. The van der Waals surface area contributed by atoms with Gasteiger partial charge < -0.3 is 4.74 Å². The van der Waals surface area contributed by atoms with Gasteiger partial charge in [0, 0.05) is 6.42 Å². The Morgan fingerprint density at radius 1 is 1.00 bits per heavy atom. The standard InChI is InChI=1S/C27H42O2/c1-4-6-8-9-11-13-27(28)29-26-20-18-25(19-21-26)24-16-14-23(15-17-24)22(3)12-10-7-5-2/h16,18-23H,4-15,17H2,1-3H3. The van der Waals surface area contributed by atoms with E-state index >= 15 is 0 Å². The molecule has 2 unspecified atom stereocenters. The normalized spacial score (nSPS) is 17.6. The minimum absolute atomic E-state index is 0.106. The zero-order valence-electron chi connectivity index (χ0n) is 19.1. The van der Waals surface area contributed by atoms with Crippen molar-refractivity contribution in [3.8, 4) is 5.75 Å². The summed E-state index contributed by atoms with van der Waals surface area (Å²) in [6.45, 7) is 6.92. The van der Waals surface area contributed by atoms with E-state index in [0.29, 0.717) is 12.2 Å². The second-order valence-corrected chi connectivity index (χ2v) is 8.90. The average molecular weight is 399 g/mol. The summed E-state index contributed by atoms with van der Waals surface area (Å²) in [5, 5.41) is 0. The SMILES string of the molecule is CCCCCCCC(=O)Oc1ccc(C2=CCC(C(C)CCCCC)CC2)cc1. The maximum absolute atomic E-state index is 12.0. The number of esters is 1. The molecule has 1 aliphatic carbocycles. The zero-order valence-corrected chi connectivity index (χ0v) is 19.1. The molecule has 0 saturated heterocycles. The Morgan fingerprint density at radius 3 is 2.34 bits per heavy atom. The summed E-state index contributed by atoms with van der Waals surface area (Å²) in [5.74, 6) is 2.24. The van der Waals surface area contributed by atoms with Crippen molar-refractivity contribution in [2.75, 3.05) is 0 Å². The molecule has 0 saturated carbocycles. The maximum atomic E-state index is 12.0. The molecule has 1 aromatic carbocycles. The van der Waals surface area contributed by atoms with Crippen molar-refractivity contribution in [2.24, 2.45) is 11.8 Å². The molecule has 0 N–H and O–H groups in total. The third-order valence-electron chi connectivity index (χ3n) is 6.46. The highest BCUT2D eigenvalue weighted by Gasteiger charge is 2.20. The first-order valence-corrected chi connectivity index (χ1v) is 12.1. The lowest BCUT2D eigenvalue weighted by Crippen LogP contribution is -2.14. The first-order valence-electron chi connectivity index (χ1n) is 12.1. The van der Waals surface area contributed by atoms with Crippen LogP contribution in [0.2, 0.25) is 0 Å². The van der Waals surface area contributed by atoms with Gasteiger partial charge in [-0.2, -0.15) is 0 Å². The summed E-state index contributed by atoms with van der Waals surface area (Å²) < 4.78 is 5.50. The van der Waals surface area contributed by atoms with Gasteiger partial charge in [-0.1, -0.05) is 90.3 Å². The summed E-state index contributed by atoms with van der Waals surface area (Å²) >= 11 is 0. The fourth-order valence-corrected chi connectivity index (χ4v) is 4.38. The maximum Gasteiger partial charge on any atom is 0.311 e. The van der Waals surface area contributed by atoms with E-state index in [4.69, 9.17) is 4.74 Å². The average Bonchev–Trinajstić information content (AvgIpc) is 2.74. The van der Waals surface area contributed by atoms with Gasteiger partial charge in [-0.05, 0) is 60.8 Å². The first kappa shape index (κ1) is 23.7. The second kappa shape index (κ2) is 13.6. The van der Waals surface area contributed by atoms with Gasteiger partial charge in [-0.25, -0.2) is 0 Å². The van der Waals surface area contributed by atoms with E-state index in [1.165, 1.54) is 75.3 Å². The molecule has 2 nitrogen and oxygen atoms in total. The molecule has 1 aliphatic rings. The summed E-state index contributed by atoms with van der Waals surface area (Å²) in [6.07, 6.45) is 17.8. The van der Waals surface area contributed by atoms with Crippen LogP contribution in [0.4, 0.5) is 0 Å². The minimum atomic E-state index is -0.106. The molecule has 0 bridgehead atoms. The highest BCUT2D eigenvalue weighted by molar-refractivity contribution is 5.73. The minimum Gasteiger partial charge on any atom is -0.427 e. The van der Waals surface area contributed by atoms with E-state index in [0.717, 1.165) is 24.7 Å². The molecule has 29 heavy (non-hydrogen) atoms. The Kier molecular flexibility index (Phi) is 11.1. The number of benzene rings is 1. The largest absolute Gasteiger partial charge is 0.427 e. The summed E-state index contributed by atoms with van der Waals surface area (Å²) in [6, 6.07) is 8.12. The van der Waals surface area contributed by atoms with Crippen LogP contribution in [0.3, 0.4) is 0 Å². The van der Waals surface area contributed by atoms with Gasteiger partial charge in [-0.3, -0.25) is 4.79 Å². The summed E-state index contributed by atoms with van der Waals surface area (Å²) in [4.78, 5) is 12.0. The van der Waals surface area contributed by atoms with Crippen molar-refractivity contribution in [2.45, 2.75) is 104 Å². The van der Waals surface area contributed by atoms with E-state index in [2.05, 4.69) is 39.0 Å². The van der Waals surface area contributed by atoms with Gasteiger partial charge in [0.05, 0.1) is 0 Å². The van der Waals surface area contributed by atoms with E-state index in [1.807, 2.05) is 12.1 Å². The van der Waals surface area contributed by atoms with E-state index < -0.39 is 0 Å². The van der Waals surface area contributed by atoms with Crippen LogP contribution in [0.15, 0.2) is 30.3 Å².